The number of nitrogens with zero attached hydrogens (tertiary/aromatic N) is 2. The molecule has 4 N–H and O–H groups in total. The quantitative estimate of drug-likeness (QED) is 0.440. The van der Waals surface area contributed by atoms with Crippen LogP contribution in [-0.2, 0) is 12.3 Å². The molecule has 0 aliphatic rings. The molecule has 0 fully saturated rings. The first-order valence-electron chi connectivity index (χ1n) is 5.93. The number of thioether (sulfide) groups is 1. The fourth-order valence-electron chi connectivity index (χ4n) is 1.76. The maximum atomic E-state index is 13.2. The summed E-state index contributed by atoms with van der Waals surface area (Å²) in [6.45, 7) is 2.36. The van der Waals surface area contributed by atoms with Crippen LogP contribution in [0.25, 0.3) is 0 Å². The summed E-state index contributed by atoms with van der Waals surface area (Å²) in [5.41, 5.74) is 6.26. The van der Waals surface area contributed by atoms with E-state index in [1.165, 1.54) is 28.5 Å². The van der Waals surface area contributed by atoms with Crippen LogP contribution in [0.3, 0.4) is 0 Å². The van der Waals surface area contributed by atoms with Gasteiger partial charge in [0.05, 0.1) is 0 Å². The van der Waals surface area contributed by atoms with Gasteiger partial charge in [-0.15, -0.1) is 5.10 Å². The Morgan fingerprint density at radius 2 is 2.35 bits per heavy atom. The summed E-state index contributed by atoms with van der Waals surface area (Å²) in [7, 11) is 0. The molecule has 8 heteroatoms. The number of halogens is 1. The van der Waals surface area contributed by atoms with E-state index in [1.807, 2.05) is 6.92 Å². The van der Waals surface area contributed by atoms with Gasteiger partial charge >= 0.3 is 5.69 Å². The summed E-state index contributed by atoms with van der Waals surface area (Å²) >= 11 is 1.33. The molecule has 1 aromatic heterocycles. The normalized spacial score (nSPS) is 10.7. The van der Waals surface area contributed by atoms with Gasteiger partial charge in [0, 0.05) is 17.9 Å². The summed E-state index contributed by atoms with van der Waals surface area (Å²) in [5, 5.41) is 14.3. The highest BCUT2D eigenvalue weighted by molar-refractivity contribution is 7.98. The van der Waals surface area contributed by atoms with Crippen LogP contribution in [0, 0.1) is 11.2 Å². The van der Waals surface area contributed by atoms with Crippen LogP contribution < -0.4 is 11.4 Å². The number of hydrogen-bond donors (Lipinski definition) is 3. The van der Waals surface area contributed by atoms with Crippen LogP contribution in [-0.4, -0.2) is 20.6 Å². The van der Waals surface area contributed by atoms with E-state index in [-0.39, 0.29) is 11.5 Å². The zero-order chi connectivity index (χ0) is 14.7. The monoisotopic (exact) mass is 295 g/mol. The molecule has 1 heterocycles. The van der Waals surface area contributed by atoms with Gasteiger partial charge in [-0.25, -0.2) is 14.3 Å². The molecule has 0 saturated carbocycles. The first-order valence-corrected chi connectivity index (χ1v) is 6.92. The van der Waals surface area contributed by atoms with Crippen molar-refractivity contribution in [3.63, 3.8) is 0 Å². The second-order valence-corrected chi connectivity index (χ2v) is 5.00. The predicted molar refractivity (Wildman–Crippen MR) is 75.5 cm³/mol. The highest BCUT2D eigenvalue weighted by atomic mass is 32.2. The number of amidine groups is 1. The summed E-state index contributed by atoms with van der Waals surface area (Å²) in [4.78, 5) is 11.4. The smallest absolute Gasteiger partial charge is 0.343 e. The second-order valence-electron chi connectivity index (χ2n) is 4.06. The maximum Gasteiger partial charge on any atom is 0.343 e. The number of aromatic nitrogens is 3. The van der Waals surface area contributed by atoms with Crippen LogP contribution in [0.5, 0.6) is 0 Å². The zero-order valence-electron chi connectivity index (χ0n) is 10.8. The first kappa shape index (κ1) is 14.3. The summed E-state index contributed by atoms with van der Waals surface area (Å²) in [6, 6.07) is 4.13. The van der Waals surface area contributed by atoms with Crippen molar-refractivity contribution in [2.24, 2.45) is 5.73 Å². The molecular formula is C12H14FN5OS. The van der Waals surface area contributed by atoms with Crippen LogP contribution >= 0.6 is 11.8 Å². The van der Waals surface area contributed by atoms with Gasteiger partial charge in [-0.2, -0.15) is 0 Å². The van der Waals surface area contributed by atoms with Crippen molar-refractivity contribution in [2.75, 3.05) is 0 Å². The lowest BCUT2D eigenvalue weighted by molar-refractivity contribution is 0.627. The van der Waals surface area contributed by atoms with E-state index in [0.717, 1.165) is 5.56 Å². The lowest BCUT2D eigenvalue weighted by Crippen LogP contribution is -2.16. The Labute approximate surface area is 118 Å². The Morgan fingerprint density at radius 1 is 1.60 bits per heavy atom. The number of benzene rings is 1. The van der Waals surface area contributed by atoms with Crippen LogP contribution in [0.4, 0.5) is 4.39 Å². The maximum absolute atomic E-state index is 13.2. The van der Waals surface area contributed by atoms with Gasteiger partial charge < -0.3 is 5.73 Å². The van der Waals surface area contributed by atoms with Crippen molar-refractivity contribution in [1.29, 1.82) is 5.41 Å². The largest absolute Gasteiger partial charge is 0.384 e. The van der Waals surface area contributed by atoms with Crippen molar-refractivity contribution in [1.82, 2.24) is 14.8 Å². The summed E-state index contributed by atoms with van der Waals surface area (Å²) < 4.78 is 14.7. The first-order chi connectivity index (χ1) is 9.52. The number of H-pyrrole nitrogens is 1. The molecule has 0 unspecified atom stereocenters. The predicted octanol–water partition coefficient (Wildman–Crippen LogP) is 1.31. The number of aromatic amines is 1. The topological polar surface area (TPSA) is 101 Å². The van der Waals surface area contributed by atoms with Gasteiger partial charge in [0.15, 0.2) is 5.16 Å². The summed E-state index contributed by atoms with van der Waals surface area (Å²) in [5.74, 6) is -0.177. The molecule has 0 aliphatic carbocycles. The SMILES string of the molecule is CCn1c(SCc2ccc(F)cc2C(=N)N)n[nH]c1=O. The zero-order valence-corrected chi connectivity index (χ0v) is 11.6. The van der Waals surface area contributed by atoms with Crippen molar-refractivity contribution in [2.45, 2.75) is 24.4 Å². The standard InChI is InChI=1S/C12H14FN5OS/c1-2-18-11(19)16-17-12(18)20-6-7-3-4-8(13)5-9(7)10(14)15/h3-5H,2,6H2,1H3,(H3,14,15)(H,16,19). The van der Waals surface area contributed by atoms with Crippen LogP contribution in [0.15, 0.2) is 28.2 Å². The lowest BCUT2D eigenvalue weighted by Gasteiger charge is -2.08. The lowest BCUT2D eigenvalue weighted by atomic mass is 10.1. The van der Waals surface area contributed by atoms with E-state index in [1.54, 1.807) is 6.07 Å². The van der Waals surface area contributed by atoms with Crippen LogP contribution in [0.2, 0.25) is 0 Å². The minimum Gasteiger partial charge on any atom is -0.384 e. The molecule has 20 heavy (non-hydrogen) atoms. The van der Waals surface area contributed by atoms with Crippen molar-refractivity contribution in [3.05, 3.63) is 45.6 Å². The third-order valence-corrected chi connectivity index (χ3v) is 3.78. The van der Waals surface area contributed by atoms with Gasteiger partial charge in [0.2, 0.25) is 0 Å². The Morgan fingerprint density at radius 3 is 3.00 bits per heavy atom. The van der Waals surface area contributed by atoms with Crippen molar-refractivity contribution < 1.29 is 4.39 Å². The van der Waals surface area contributed by atoms with Gasteiger partial charge in [0.1, 0.15) is 11.7 Å². The van der Waals surface area contributed by atoms with Gasteiger partial charge in [-0.05, 0) is 24.6 Å². The average Bonchev–Trinajstić information content (AvgIpc) is 2.77. The fraction of sp³-hybridized carbons (Fsp3) is 0.250. The Bertz CT molecular complexity index is 693. The molecular weight excluding hydrogens is 281 g/mol. The number of hydrogen-bond acceptors (Lipinski definition) is 4. The average molecular weight is 295 g/mol. The van der Waals surface area contributed by atoms with E-state index >= 15 is 0 Å². The molecule has 0 bridgehead atoms. The molecule has 0 amide bonds. The Kier molecular flexibility index (Phi) is 4.23. The van der Waals surface area contributed by atoms with Crippen molar-refractivity contribution >= 4 is 17.6 Å². The third kappa shape index (κ3) is 2.90. The van der Waals surface area contributed by atoms with Crippen LogP contribution in [0.1, 0.15) is 18.1 Å². The van der Waals surface area contributed by atoms with Crippen molar-refractivity contribution in [3.8, 4) is 0 Å². The number of nitrogens with one attached hydrogen (secondary N) is 2. The van der Waals surface area contributed by atoms with Gasteiger partial charge in [-0.3, -0.25) is 9.98 Å². The fourth-order valence-corrected chi connectivity index (χ4v) is 2.77. The second kappa shape index (κ2) is 5.91. The molecule has 1 aromatic carbocycles. The summed E-state index contributed by atoms with van der Waals surface area (Å²) in [6.07, 6.45) is 0. The van der Waals surface area contributed by atoms with Gasteiger partial charge in [0.25, 0.3) is 0 Å². The molecule has 2 rings (SSSR count). The molecule has 6 nitrogen and oxygen atoms in total. The van der Waals surface area contributed by atoms with E-state index in [0.29, 0.717) is 23.0 Å². The van der Waals surface area contributed by atoms with E-state index < -0.39 is 5.82 Å². The third-order valence-electron chi connectivity index (χ3n) is 2.76. The van der Waals surface area contributed by atoms with E-state index in [2.05, 4.69) is 10.2 Å². The van der Waals surface area contributed by atoms with E-state index in [4.69, 9.17) is 11.1 Å². The number of nitrogen functional groups attached to an aromatic ring is 1. The molecule has 106 valence electrons. The molecule has 2 aromatic rings. The molecule has 0 aliphatic heterocycles. The Hall–Kier alpha value is -2.09. The van der Waals surface area contributed by atoms with E-state index in [9.17, 15) is 9.18 Å². The minimum absolute atomic E-state index is 0.185. The number of nitrogens with two attached hydrogens (primary N) is 1. The highest BCUT2D eigenvalue weighted by Crippen LogP contribution is 2.22. The highest BCUT2D eigenvalue weighted by Gasteiger charge is 2.11. The minimum atomic E-state index is -0.436. The molecule has 0 atom stereocenters. The molecule has 0 spiro atoms. The Balaban J connectivity index is 2.23. The van der Waals surface area contributed by atoms with Gasteiger partial charge in [-0.1, -0.05) is 17.8 Å². The molecule has 0 radical (unpaired) electrons. The number of rotatable bonds is 5. The molecule has 0 saturated heterocycles.